The number of aliphatic hydroxyl groups is 1. The van der Waals surface area contributed by atoms with Crippen LogP contribution in [0.2, 0.25) is 0 Å². The molecule has 0 aromatic heterocycles. The van der Waals surface area contributed by atoms with Gasteiger partial charge in [0.2, 0.25) is 11.8 Å². The summed E-state index contributed by atoms with van der Waals surface area (Å²) in [5.74, 6) is -0.638. The van der Waals surface area contributed by atoms with Crippen LogP contribution in [0.5, 0.6) is 0 Å². The smallest absolute Gasteiger partial charge is 0.251 e. The summed E-state index contributed by atoms with van der Waals surface area (Å²) in [7, 11) is 0. The van der Waals surface area contributed by atoms with Crippen LogP contribution in [0.4, 0.5) is 11.4 Å². The Labute approximate surface area is 157 Å². The lowest BCUT2D eigenvalue weighted by molar-refractivity contribution is -0.117. The summed E-state index contributed by atoms with van der Waals surface area (Å²) >= 11 is 0. The van der Waals surface area contributed by atoms with Crippen molar-refractivity contribution >= 4 is 29.1 Å². The van der Waals surface area contributed by atoms with E-state index in [9.17, 15) is 14.4 Å². The molecular formula is C20H21N3O4. The predicted molar refractivity (Wildman–Crippen MR) is 101 cm³/mol. The topological polar surface area (TPSA) is 98.7 Å². The average Bonchev–Trinajstić information content (AvgIpc) is 3.12. The molecule has 0 saturated carbocycles. The zero-order valence-electron chi connectivity index (χ0n) is 14.8. The first-order chi connectivity index (χ1) is 13.1. The Morgan fingerprint density at radius 2 is 1.89 bits per heavy atom. The molecule has 0 unspecified atom stereocenters. The number of hydrogen-bond donors (Lipinski definition) is 3. The van der Waals surface area contributed by atoms with E-state index in [0.717, 1.165) is 12.1 Å². The summed E-state index contributed by atoms with van der Waals surface area (Å²) in [6, 6.07) is 13.6. The fourth-order valence-corrected chi connectivity index (χ4v) is 2.93. The molecule has 0 aliphatic carbocycles. The zero-order chi connectivity index (χ0) is 19.2. The van der Waals surface area contributed by atoms with Crippen molar-refractivity contribution in [3.8, 4) is 0 Å². The van der Waals surface area contributed by atoms with Gasteiger partial charge in [-0.05, 0) is 48.4 Å². The van der Waals surface area contributed by atoms with Gasteiger partial charge in [-0.25, -0.2) is 0 Å². The largest absolute Gasteiger partial charge is 0.392 e. The molecule has 140 valence electrons. The minimum Gasteiger partial charge on any atom is -0.392 e. The van der Waals surface area contributed by atoms with Crippen LogP contribution in [-0.4, -0.2) is 35.9 Å². The summed E-state index contributed by atoms with van der Waals surface area (Å²) < 4.78 is 0. The van der Waals surface area contributed by atoms with Gasteiger partial charge in [-0.15, -0.1) is 0 Å². The number of aliphatic hydroxyl groups excluding tert-OH is 1. The number of nitrogens with zero attached hydrogens (tertiary/aromatic N) is 1. The number of carbonyl (C=O) groups excluding carboxylic acids is 3. The first kappa shape index (κ1) is 18.6. The van der Waals surface area contributed by atoms with E-state index in [4.69, 9.17) is 5.11 Å². The van der Waals surface area contributed by atoms with E-state index < -0.39 is 0 Å². The Balaban J connectivity index is 1.52. The van der Waals surface area contributed by atoms with Gasteiger partial charge in [0.1, 0.15) is 0 Å². The highest BCUT2D eigenvalue weighted by Crippen LogP contribution is 2.21. The van der Waals surface area contributed by atoms with Crippen molar-refractivity contribution in [2.45, 2.75) is 19.4 Å². The summed E-state index contributed by atoms with van der Waals surface area (Å²) in [6.07, 6.45) is 1.40. The van der Waals surface area contributed by atoms with E-state index in [2.05, 4.69) is 10.6 Å². The van der Waals surface area contributed by atoms with Crippen LogP contribution in [0.3, 0.4) is 0 Å². The van der Waals surface area contributed by atoms with Crippen molar-refractivity contribution in [2.75, 3.05) is 23.3 Å². The van der Waals surface area contributed by atoms with Gasteiger partial charge in [0.25, 0.3) is 5.91 Å². The minimum absolute atomic E-state index is 0.0918. The quantitative estimate of drug-likeness (QED) is 0.723. The molecular weight excluding hydrogens is 346 g/mol. The molecule has 2 aromatic rings. The highest BCUT2D eigenvalue weighted by Gasteiger charge is 2.21. The molecule has 0 atom stereocenters. The molecule has 3 amide bonds. The molecule has 1 aliphatic rings. The number of nitrogens with one attached hydrogen (secondary N) is 2. The van der Waals surface area contributed by atoms with Gasteiger partial charge >= 0.3 is 0 Å². The van der Waals surface area contributed by atoms with Crippen LogP contribution in [0.1, 0.15) is 28.8 Å². The molecule has 7 nitrogen and oxygen atoms in total. The average molecular weight is 367 g/mol. The fourth-order valence-electron chi connectivity index (χ4n) is 2.93. The Kier molecular flexibility index (Phi) is 5.83. The second kappa shape index (κ2) is 8.46. The third-order valence-electron chi connectivity index (χ3n) is 4.32. The van der Waals surface area contributed by atoms with Crippen LogP contribution in [0.25, 0.3) is 0 Å². The van der Waals surface area contributed by atoms with E-state index in [0.29, 0.717) is 29.8 Å². The van der Waals surface area contributed by atoms with Crippen LogP contribution >= 0.6 is 0 Å². The molecule has 0 bridgehead atoms. The number of carbonyl (C=O) groups is 3. The van der Waals surface area contributed by atoms with Crippen molar-refractivity contribution in [1.29, 1.82) is 0 Å². The Morgan fingerprint density at radius 3 is 2.56 bits per heavy atom. The maximum Gasteiger partial charge on any atom is 0.251 e. The summed E-state index contributed by atoms with van der Waals surface area (Å²) in [6.45, 7) is 0.413. The number of hydrogen-bond acceptors (Lipinski definition) is 4. The lowest BCUT2D eigenvalue weighted by Gasteiger charge is -2.15. The van der Waals surface area contributed by atoms with E-state index >= 15 is 0 Å². The van der Waals surface area contributed by atoms with Gasteiger partial charge in [-0.3, -0.25) is 14.4 Å². The molecule has 7 heteroatoms. The van der Waals surface area contributed by atoms with Gasteiger partial charge in [0.05, 0.1) is 13.2 Å². The summed E-state index contributed by atoms with van der Waals surface area (Å²) in [5, 5.41) is 14.3. The van der Waals surface area contributed by atoms with Crippen LogP contribution in [-0.2, 0) is 16.2 Å². The monoisotopic (exact) mass is 367 g/mol. The standard InChI is InChI=1S/C20H21N3O4/c24-13-14-3-1-4-16(11-14)22-18(25)12-21-20(27)15-6-8-17(9-7-15)23-10-2-5-19(23)26/h1,3-4,6-9,11,24H,2,5,10,12-13H2,(H,21,27)(H,22,25). The molecule has 0 radical (unpaired) electrons. The third-order valence-corrected chi connectivity index (χ3v) is 4.32. The van der Waals surface area contributed by atoms with E-state index in [1.165, 1.54) is 0 Å². The highest BCUT2D eigenvalue weighted by atomic mass is 16.3. The normalized spacial score (nSPS) is 13.5. The highest BCUT2D eigenvalue weighted by molar-refractivity contribution is 6.00. The van der Waals surface area contributed by atoms with Crippen LogP contribution in [0, 0.1) is 0 Å². The van der Waals surface area contributed by atoms with Crippen molar-refractivity contribution < 1.29 is 19.5 Å². The number of rotatable bonds is 6. The Bertz CT molecular complexity index is 849. The van der Waals surface area contributed by atoms with Crippen molar-refractivity contribution in [2.24, 2.45) is 0 Å². The number of anilines is 2. The van der Waals surface area contributed by atoms with Gasteiger partial charge in [0, 0.05) is 29.9 Å². The van der Waals surface area contributed by atoms with E-state index in [1.54, 1.807) is 53.4 Å². The molecule has 1 aliphatic heterocycles. The lowest BCUT2D eigenvalue weighted by Crippen LogP contribution is -2.32. The van der Waals surface area contributed by atoms with Gasteiger partial charge in [0.15, 0.2) is 0 Å². The number of benzene rings is 2. The molecule has 1 fully saturated rings. The second-order valence-electron chi connectivity index (χ2n) is 6.29. The van der Waals surface area contributed by atoms with Gasteiger partial charge < -0.3 is 20.6 Å². The lowest BCUT2D eigenvalue weighted by atomic mass is 10.2. The molecule has 1 saturated heterocycles. The van der Waals surface area contributed by atoms with Crippen molar-refractivity contribution in [3.63, 3.8) is 0 Å². The summed E-state index contributed by atoms with van der Waals surface area (Å²) in [4.78, 5) is 37.6. The van der Waals surface area contributed by atoms with Crippen molar-refractivity contribution in [3.05, 3.63) is 59.7 Å². The zero-order valence-corrected chi connectivity index (χ0v) is 14.8. The second-order valence-corrected chi connectivity index (χ2v) is 6.29. The SMILES string of the molecule is O=C(CNC(=O)c1ccc(N2CCCC2=O)cc1)Nc1cccc(CO)c1. The first-order valence-corrected chi connectivity index (χ1v) is 8.75. The Morgan fingerprint density at radius 1 is 1.11 bits per heavy atom. The van der Waals surface area contributed by atoms with Crippen LogP contribution < -0.4 is 15.5 Å². The minimum atomic E-state index is -0.367. The van der Waals surface area contributed by atoms with Crippen LogP contribution in [0.15, 0.2) is 48.5 Å². The van der Waals surface area contributed by atoms with Gasteiger partial charge in [-0.2, -0.15) is 0 Å². The molecule has 1 heterocycles. The Hall–Kier alpha value is -3.19. The first-order valence-electron chi connectivity index (χ1n) is 8.75. The predicted octanol–water partition coefficient (Wildman–Crippen LogP) is 1.67. The maximum atomic E-state index is 12.2. The van der Waals surface area contributed by atoms with Gasteiger partial charge in [-0.1, -0.05) is 12.1 Å². The summed E-state index contributed by atoms with van der Waals surface area (Å²) in [5.41, 5.74) is 2.44. The molecule has 27 heavy (non-hydrogen) atoms. The molecule has 3 rings (SSSR count). The maximum absolute atomic E-state index is 12.2. The molecule has 2 aromatic carbocycles. The van der Waals surface area contributed by atoms with E-state index in [-0.39, 0.29) is 30.9 Å². The third kappa shape index (κ3) is 4.71. The molecule has 0 spiro atoms. The fraction of sp³-hybridized carbons (Fsp3) is 0.250. The van der Waals surface area contributed by atoms with E-state index in [1.807, 2.05) is 0 Å². The number of amides is 3. The molecule has 3 N–H and O–H groups in total. The van der Waals surface area contributed by atoms with Crippen molar-refractivity contribution in [1.82, 2.24) is 5.32 Å².